The Morgan fingerprint density at radius 3 is 2.47 bits per heavy atom. The summed E-state index contributed by atoms with van der Waals surface area (Å²) in [6.45, 7) is 1.75. The van der Waals surface area contributed by atoms with E-state index in [1.165, 1.54) is 18.2 Å². The van der Waals surface area contributed by atoms with Crippen molar-refractivity contribution in [2.45, 2.75) is 6.92 Å². The average molecular weight is 566 g/mol. The number of imide groups is 2. The number of carbonyl (C=O) groups excluding carboxylic acids is 4. The molecule has 180 valence electrons. The number of halogens is 2. The lowest BCUT2D eigenvalue weighted by Crippen LogP contribution is -2.54. The molecule has 0 atom stereocenters. The summed E-state index contributed by atoms with van der Waals surface area (Å²) in [6, 6.07) is 17.6. The molecule has 0 radical (unpaired) electrons. The molecule has 4 rings (SSSR count). The van der Waals surface area contributed by atoms with Gasteiger partial charge in [-0.1, -0.05) is 57.9 Å². The molecule has 1 aliphatic rings. The first-order valence-electron chi connectivity index (χ1n) is 10.6. The summed E-state index contributed by atoms with van der Waals surface area (Å²) in [4.78, 5) is 51.7. The number of benzene rings is 3. The molecule has 36 heavy (non-hydrogen) atoms. The summed E-state index contributed by atoms with van der Waals surface area (Å²) in [5.41, 5.74) is 1.78. The topological polar surface area (TPSA) is 92.8 Å². The minimum Gasteiger partial charge on any atom is -0.423 e. The van der Waals surface area contributed by atoms with Crippen molar-refractivity contribution in [3.63, 3.8) is 0 Å². The number of anilines is 1. The third-order valence-electron chi connectivity index (χ3n) is 5.22. The molecule has 4 amide bonds. The molecule has 1 N–H and O–H groups in total. The Labute approximate surface area is 220 Å². The molecule has 1 saturated heterocycles. The number of hydrogen-bond donors (Lipinski definition) is 1. The number of esters is 1. The van der Waals surface area contributed by atoms with Crippen LogP contribution in [0.1, 0.15) is 16.7 Å². The van der Waals surface area contributed by atoms with Crippen molar-refractivity contribution in [3.05, 3.63) is 105 Å². The van der Waals surface area contributed by atoms with Gasteiger partial charge in [0.25, 0.3) is 11.8 Å². The zero-order valence-corrected chi connectivity index (χ0v) is 21.2. The molecule has 1 aliphatic heterocycles. The van der Waals surface area contributed by atoms with Crippen LogP contribution in [0.25, 0.3) is 12.2 Å². The van der Waals surface area contributed by atoms with E-state index in [1.54, 1.807) is 73.7 Å². The van der Waals surface area contributed by atoms with Crippen molar-refractivity contribution in [2.24, 2.45) is 0 Å². The molecule has 0 saturated carbocycles. The number of rotatable bonds is 5. The maximum atomic E-state index is 13.2. The number of ether oxygens (including phenoxy) is 1. The molecular formula is C27H18BrClN2O5. The number of nitrogens with one attached hydrogen (secondary N) is 1. The Bertz CT molecular complexity index is 1450. The highest BCUT2D eigenvalue weighted by Gasteiger charge is 2.37. The molecular weight excluding hydrogens is 548 g/mol. The summed E-state index contributed by atoms with van der Waals surface area (Å²) in [7, 11) is 0. The van der Waals surface area contributed by atoms with Gasteiger partial charge in [-0.3, -0.25) is 14.9 Å². The lowest BCUT2D eigenvalue weighted by atomic mass is 10.1. The number of amides is 4. The highest BCUT2D eigenvalue weighted by molar-refractivity contribution is 9.10. The number of para-hydroxylation sites is 1. The molecule has 9 heteroatoms. The van der Waals surface area contributed by atoms with Crippen LogP contribution < -0.4 is 15.0 Å². The lowest BCUT2D eigenvalue weighted by Gasteiger charge is -2.27. The highest BCUT2D eigenvalue weighted by Crippen LogP contribution is 2.29. The van der Waals surface area contributed by atoms with Gasteiger partial charge in [-0.05, 0) is 66.6 Å². The van der Waals surface area contributed by atoms with Gasteiger partial charge in [0, 0.05) is 21.1 Å². The van der Waals surface area contributed by atoms with E-state index >= 15 is 0 Å². The average Bonchev–Trinajstić information content (AvgIpc) is 2.84. The van der Waals surface area contributed by atoms with E-state index in [2.05, 4.69) is 21.2 Å². The Morgan fingerprint density at radius 1 is 1.03 bits per heavy atom. The fourth-order valence-corrected chi connectivity index (χ4v) is 3.96. The number of urea groups is 1. The number of aryl methyl sites for hydroxylation is 1. The standard InChI is InChI=1S/C27H18BrClN2O5/c1-16-4-2-3-5-22(16)31-26(34)21(25(33)30-27(31)35)15-18-14-19(28)9-12-23(18)36-24(32)13-8-17-6-10-20(29)11-7-17/h2-15H,1H3,(H,30,33,35)/b13-8+,21-15-. The van der Waals surface area contributed by atoms with Crippen LogP contribution in [0.3, 0.4) is 0 Å². The molecule has 1 fully saturated rings. The predicted molar refractivity (Wildman–Crippen MR) is 140 cm³/mol. The van der Waals surface area contributed by atoms with Crippen molar-refractivity contribution >= 4 is 69.2 Å². The molecule has 0 bridgehead atoms. The fourth-order valence-electron chi connectivity index (χ4n) is 3.45. The number of barbiturate groups is 1. The van der Waals surface area contributed by atoms with E-state index in [-0.39, 0.29) is 16.9 Å². The van der Waals surface area contributed by atoms with Gasteiger partial charge in [-0.25, -0.2) is 14.5 Å². The first-order chi connectivity index (χ1) is 17.2. The molecule has 3 aromatic rings. The van der Waals surface area contributed by atoms with E-state index in [0.29, 0.717) is 20.7 Å². The van der Waals surface area contributed by atoms with Crippen LogP contribution >= 0.6 is 27.5 Å². The van der Waals surface area contributed by atoms with E-state index in [1.807, 2.05) is 0 Å². The van der Waals surface area contributed by atoms with Gasteiger partial charge in [0.15, 0.2) is 0 Å². The van der Waals surface area contributed by atoms with E-state index in [0.717, 1.165) is 10.5 Å². The van der Waals surface area contributed by atoms with Gasteiger partial charge < -0.3 is 4.74 Å². The number of nitrogens with zero attached hydrogens (tertiary/aromatic N) is 1. The van der Waals surface area contributed by atoms with Gasteiger partial charge in [0.2, 0.25) is 0 Å². The van der Waals surface area contributed by atoms with Crippen molar-refractivity contribution in [1.82, 2.24) is 5.32 Å². The maximum Gasteiger partial charge on any atom is 0.336 e. The van der Waals surface area contributed by atoms with Crippen LogP contribution in [0.5, 0.6) is 5.75 Å². The molecule has 0 aromatic heterocycles. The zero-order valence-electron chi connectivity index (χ0n) is 18.8. The Morgan fingerprint density at radius 2 is 1.75 bits per heavy atom. The summed E-state index contributed by atoms with van der Waals surface area (Å²) < 4.78 is 6.10. The Balaban J connectivity index is 1.64. The van der Waals surface area contributed by atoms with Crippen molar-refractivity contribution < 1.29 is 23.9 Å². The molecule has 1 heterocycles. The monoisotopic (exact) mass is 564 g/mol. The smallest absolute Gasteiger partial charge is 0.336 e. The third-order valence-corrected chi connectivity index (χ3v) is 5.97. The predicted octanol–water partition coefficient (Wildman–Crippen LogP) is 5.70. The Kier molecular flexibility index (Phi) is 7.47. The minimum atomic E-state index is -0.852. The van der Waals surface area contributed by atoms with E-state index in [9.17, 15) is 19.2 Å². The second-order valence-corrected chi connectivity index (χ2v) is 9.08. The second-order valence-electron chi connectivity index (χ2n) is 7.73. The van der Waals surface area contributed by atoms with Crippen LogP contribution in [0.15, 0.2) is 82.9 Å². The van der Waals surface area contributed by atoms with Gasteiger partial charge in [0.05, 0.1) is 5.69 Å². The molecule has 0 spiro atoms. The normalized spacial score (nSPS) is 14.9. The SMILES string of the molecule is Cc1ccccc1N1C(=O)NC(=O)/C(=C/c2cc(Br)ccc2OC(=O)/C=C/c2ccc(Cl)cc2)C1=O. The highest BCUT2D eigenvalue weighted by atomic mass is 79.9. The van der Waals surface area contributed by atoms with Crippen molar-refractivity contribution in [2.75, 3.05) is 4.90 Å². The fraction of sp³-hybridized carbons (Fsp3) is 0.0370. The third kappa shape index (κ3) is 5.62. The summed E-state index contributed by atoms with van der Waals surface area (Å²) in [5.74, 6) is -2.19. The summed E-state index contributed by atoms with van der Waals surface area (Å²) >= 11 is 9.22. The van der Waals surface area contributed by atoms with Crippen LogP contribution in [0.4, 0.5) is 10.5 Å². The zero-order chi connectivity index (χ0) is 25.8. The van der Waals surface area contributed by atoms with Crippen molar-refractivity contribution in [3.8, 4) is 5.75 Å². The molecule has 0 unspecified atom stereocenters. The van der Waals surface area contributed by atoms with Crippen LogP contribution in [-0.2, 0) is 14.4 Å². The van der Waals surface area contributed by atoms with Gasteiger partial charge in [0.1, 0.15) is 11.3 Å². The molecule has 0 aliphatic carbocycles. The second kappa shape index (κ2) is 10.7. The van der Waals surface area contributed by atoms with Crippen LogP contribution in [0.2, 0.25) is 5.02 Å². The quantitative estimate of drug-likeness (QED) is 0.186. The first kappa shape index (κ1) is 25.1. The maximum absolute atomic E-state index is 13.2. The van der Waals surface area contributed by atoms with Gasteiger partial charge in [-0.2, -0.15) is 0 Å². The number of hydrogen-bond acceptors (Lipinski definition) is 5. The lowest BCUT2D eigenvalue weighted by molar-refractivity contribution is -0.129. The summed E-state index contributed by atoms with van der Waals surface area (Å²) in [6.07, 6.45) is 4.10. The molecule has 3 aromatic carbocycles. The van der Waals surface area contributed by atoms with E-state index < -0.39 is 23.8 Å². The Hall–Kier alpha value is -4.01. The van der Waals surface area contributed by atoms with E-state index in [4.69, 9.17) is 16.3 Å². The molecule has 7 nitrogen and oxygen atoms in total. The van der Waals surface area contributed by atoms with Gasteiger partial charge in [-0.15, -0.1) is 0 Å². The largest absolute Gasteiger partial charge is 0.423 e. The minimum absolute atomic E-state index is 0.122. The van der Waals surface area contributed by atoms with Crippen molar-refractivity contribution in [1.29, 1.82) is 0 Å². The van der Waals surface area contributed by atoms with Crippen LogP contribution in [0, 0.1) is 6.92 Å². The summed E-state index contributed by atoms with van der Waals surface area (Å²) in [5, 5.41) is 2.77. The van der Waals surface area contributed by atoms with Crippen LogP contribution in [-0.4, -0.2) is 23.8 Å². The van der Waals surface area contributed by atoms with Gasteiger partial charge >= 0.3 is 12.0 Å². The number of carbonyl (C=O) groups is 4. The first-order valence-corrected chi connectivity index (χ1v) is 11.8.